The molecule has 0 saturated carbocycles. The molecule has 1 unspecified atom stereocenters. The normalized spacial score (nSPS) is 12.5. The Labute approximate surface area is 93.6 Å². The van der Waals surface area contributed by atoms with Crippen molar-refractivity contribution in [2.45, 2.75) is 19.9 Å². The molecule has 0 amide bonds. The second-order valence-electron chi connectivity index (χ2n) is 3.21. The molecule has 76 valence electrons. The Morgan fingerprint density at radius 3 is 2.93 bits per heavy atom. The van der Waals surface area contributed by atoms with Gasteiger partial charge in [0.2, 0.25) is 0 Å². The van der Waals surface area contributed by atoms with Crippen LogP contribution in [0.5, 0.6) is 0 Å². The summed E-state index contributed by atoms with van der Waals surface area (Å²) in [6, 6.07) is 4.04. The Bertz CT molecular complexity index is 323. The van der Waals surface area contributed by atoms with Crippen molar-refractivity contribution in [1.82, 2.24) is 10.3 Å². The molecule has 0 spiro atoms. The Balaban J connectivity index is 2.99. The Morgan fingerprint density at radius 2 is 2.43 bits per heavy atom. The Morgan fingerprint density at radius 1 is 1.71 bits per heavy atom. The lowest BCUT2D eigenvalue weighted by atomic mass is 10.1. The van der Waals surface area contributed by atoms with Crippen molar-refractivity contribution in [3.8, 4) is 0 Å². The number of hydrogen-bond acceptors (Lipinski definition) is 2. The number of pyridine rings is 1. The van der Waals surface area contributed by atoms with Crippen molar-refractivity contribution in [1.29, 1.82) is 0 Å². The van der Waals surface area contributed by atoms with Gasteiger partial charge in [-0.2, -0.15) is 0 Å². The van der Waals surface area contributed by atoms with E-state index in [1.165, 1.54) is 0 Å². The summed E-state index contributed by atoms with van der Waals surface area (Å²) in [6.07, 6.45) is 1.80. The highest BCUT2D eigenvalue weighted by Crippen LogP contribution is 2.24. The largest absolute Gasteiger partial charge is 0.305 e. The highest BCUT2D eigenvalue weighted by molar-refractivity contribution is 9.10. The highest BCUT2D eigenvalue weighted by Gasteiger charge is 2.14. The zero-order valence-corrected chi connectivity index (χ0v) is 10.1. The number of hydrogen-bond donors (Lipinski definition) is 1. The molecule has 3 heteroatoms. The fraction of sp³-hybridized carbons (Fsp3) is 0.364. The zero-order chi connectivity index (χ0) is 10.6. The molecule has 1 aromatic heterocycles. The van der Waals surface area contributed by atoms with Crippen LogP contribution in [-0.2, 0) is 0 Å². The van der Waals surface area contributed by atoms with Crippen LogP contribution in [0.25, 0.3) is 0 Å². The zero-order valence-electron chi connectivity index (χ0n) is 8.55. The fourth-order valence-corrected chi connectivity index (χ4v) is 1.80. The van der Waals surface area contributed by atoms with Crippen molar-refractivity contribution in [2.75, 3.05) is 6.54 Å². The first-order valence-corrected chi connectivity index (χ1v) is 5.45. The molecule has 0 fully saturated rings. The van der Waals surface area contributed by atoms with E-state index in [-0.39, 0.29) is 6.04 Å². The Kier molecular flexibility index (Phi) is 4.29. The van der Waals surface area contributed by atoms with Crippen LogP contribution < -0.4 is 5.32 Å². The smallest absolute Gasteiger partial charge is 0.0756 e. The first kappa shape index (κ1) is 11.4. The fourth-order valence-electron chi connectivity index (χ4n) is 1.32. The summed E-state index contributed by atoms with van der Waals surface area (Å²) in [5.74, 6) is 0. The standard InChI is InChI=1S/C11H15BrN2/c1-4-13-10(8(2)3)11-9(12)6-5-7-14-11/h5-7,10,13H,2,4H2,1,3H3. The molecule has 1 aromatic rings. The maximum atomic E-state index is 4.35. The first-order valence-electron chi connectivity index (χ1n) is 4.66. The van der Waals surface area contributed by atoms with Crippen molar-refractivity contribution < 1.29 is 0 Å². The lowest BCUT2D eigenvalue weighted by Gasteiger charge is -2.18. The van der Waals surface area contributed by atoms with E-state index in [9.17, 15) is 0 Å². The monoisotopic (exact) mass is 254 g/mol. The topological polar surface area (TPSA) is 24.9 Å². The highest BCUT2D eigenvalue weighted by atomic mass is 79.9. The third kappa shape index (κ3) is 2.66. The quantitative estimate of drug-likeness (QED) is 0.836. The molecular weight excluding hydrogens is 240 g/mol. The molecule has 1 heterocycles. The minimum absolute atomic E-state index is 0.135. The van der Waals surface area contributed by atoms with Crippen LogP contribution >= 0.6 is 15.9 Å². The van der Waals surface area contributed by atoms with E-state index in [2.05, 4.69) is 39.7 Å². The van der Waals surface area contributed by atoms with E-state index in [0.717, 1.165) is 22.3 Å². The number of rotatable bonds is 4. The van der Waals surface area contributed by atoms with Gasteiger partial charge in [-0.25, -0.2) is 0 Å². The maximum absolute atomic E-state index is 4.35. The van der Waals surface area contributed by atoms with Crippen LogP contribution in [0.1, 0.15) is 25.6 Å². The van der Waals surface area contributed by atoms with E-state index in [1.807, 2.05) is 19.1 Å². The molecular formula is C11H15BrN2. The Hall–Kier alpha value is -0.670. The maximum Gasteiger partial charge on any atom is 0.0756 e. The molecule has 0 aliphatic heterocycles. The van der Waals surface area contributed by atoms with Gasteiger partial charge in [-0.3, -0.25) is 4.98 Å². The molecule has 14 heavy (non-hydrogen) atoms. The summed E-state index contributed by atoms with van der Waals surface area (Å²) in [5.41, 5.74) is 2.08. The van der Waals surface area contributed by atoms with Crippen LogP contribution in [0.4, 0.5) is 0 Å². The lowest BCUT2D eigenvalue weighted by molar-refractivity contribution is 0.604. The lowest BCUT2D eigenvalue weighted by Crippen LogP contribution is -2.22. The molecule has 0 aliphatic carbocycles. The van der Waals surface area contributed by atoms with Gasteiger partial charge in [-0.15, -0.1) is 0 Å². The first-order chi connectivity index (χ1) is 6.66. The SMILES string of the molecule is C=C(C)C(NCC)c1ncccc1Br. The minimum Gasteiger partial charge on any atom is -0.305 e. The van der Waals surface area contributed by atoms with E-state index in [0.29, 0.717) is 0 Å². The van der Waals surface area contributed by atoms with Crippen LogP contribution in [0.3, 0.4) is 0 Å². The van der Waals surface area contributed by atoms with E-state index < -0.39 is 0 Å². The van der Waals surface area contributed by atoms with Crippen LogP contribution in [-0.4, -0.2) is 11.5 Å². The average molecular weight is 255 g/mol. The van der Waals surface area contributed by atoms with Gasteiger partial charge in [0.25, 0.3) is 0 Å². The van der Waals surface area contributed by atoms with Gasteiger partial charge < -0.3 is 5.32 Å². The van der Waals surface area contributed by atoms with Crippen LogP contribution in [0, 0.1) is 0 Å². The minimum atomic E-state index is 0.135. The summed E-state index contributed by atoms with van der Waals surface area (Å²) in [7, 11) is 0. The summed E-state index contributed by atoms with van der Waals surface area (Å²) in [5, 5.41) is 3.35. The molecule has 0 radical (unpaired) electrons. The number of likely N-dealkylation sites (N-methyl/N-ethyl adjacent to an activating group) is 1. The molecule has 0 bridgehead atoms. The van der Waals surface area contributed by atoms with E-state index >= 15 is 0 Å². The van der Waals surface area contributed by atoms with Crippen molar-refractivity contribution in [3.05, 3.63) is 40.6 Å². The summed E-state index contributed by atoms with van der Waals surface area (Å²) < 4.78 is 1.02. The van der Waals surface area contributed by atoms with E-state index in [1.54, 1.807) is 6.20 Å². The van der Waals surface area contributed by atoms with Gasteiger partial charge in [0, 0.05) is 10.7 Å². The van der Waals surface area contributed by atoms with Crippen LogP contribution in [0.2, 0.25) is 0 Å². The van der Waals surface area contributed by atoms with Gasteiger partial charge in [-0.1, -0.05) is 19.1 Å². The van der Waals surface area contributed by atoms with Crippen LogP contribution in [0.15, 0.2) is 35.0 Å². The molecule has 0 aromatic carbocycles. The van der Waals surface area contributed by atoms with Crippen molar-refractivity contribution in [3.63, 3.8) is 0 Å². The second kappa shape index (κ2) is 5.27. The molecule has 1 N–H and O–H groups in total. The molecule has 0 saturated heterocycles. The van der Waals surface area contributed by atoms with Gasteiger partial charge in [0.05, 0.1) is 11.7 Å². The second-order valence-corrected chi connectivity index (χ2v) is 4.06. The molecule has 0 aliphatic rings. The predicted molar refractivity (Wildman–Crippen MR) is 63.2 cm³/mol. The van der Waals surface area contributed by atoms with Crippen molar-refractivity contribution in [2.24, 2.45) is 0 Å². The third-order valence-corrected chi connectivity index (χ3v) is 2.63. The van der Waals surface area contributed by atoms with Gasteiger partial charge in [0.15, 0.2) is 0 Å². The molecule has 2 nitrogen and oxygen atoms in total. The molecule has 1 rings (SSSR count). The van der Waals surface area contributed by atoms with E-state index in [4.69, 9.17) is 0 Å². The predicted octanol–water partition coefficient (Wildman–Crippen LogP) is 3.07. The summed E-state index contributed by atoms with van der Waals surface area (Å²) >= 11 is 3.49. The molecule has 1 atom stereocenters. The van der Waals surface area contributed by atoms with Crippen molar-refractivity contribution >= 4 is 15.9 Å². The number of nitrogens with one attached hydrogen (secondary N) is 1. The third-order valence-electron chi connectivity index (χ3n) is 1.96. The number of nitrogens with zero attached hydrogens (tertiary/aromatic N) is 1. The van der Waals surface area contributed by atoms with Gasteiger partial charge in [-0.05, 0) is 41.5 Å². The van der Waals surface area contributed by atoms with Gasteiger partial charge >= 0.3 is 0 Å². The number of aromatic nitrogens is 1. The van der Waals surface area contributed by atoms with Gasteiger partial charge in [0.1, 0.15) is 0 Å². The average Bonchev–Trinajstić information content (AvgIpc) is 2.15. The number of halogens is 1. The summed E-state index contributed by atoms with van der Waals surface area (Å²) in [6.45, 7) is 8.96. The summed E-state index contributed by atoms with van der Waals surface area (Å²) in [4.78, 5) is 4.35.